The Labute approximate surface area is 140 Å². The van der Waals surface area contributed by atoms with Crippen LogP contribution in [-0.4, -0.2) is 40.7 Å². The van der Waals surface area contributed by atoms with Gasteiger partial charge in [-0.3, -0.25) is 0 Å². The maximum absolute atomic E-state index is 12.2. The lowest BCUT2D eigenvalue weighted by Gasteiger charge is -2.34. The summed E-state index contributed by atoms with van der Waals surface area (Å²) >= 11 is 3.41. The molecule has 1 N–H and O–H groups in total. The zero-order valence-electron chi connectivity index (χ0n) is 13.6. The number of nitrogens with zero attached hydrogens (tertiary/aromatic N) is 2. The highest BCUT2D eigenvalue weighted by Crippen LogP contribution is 2.20. The van der Waals surface area contributed by atoms with E-state index < -0.39 is 5.60 Å². The van der Waals surface area contributed by atoms with Crippen LogP contribution in [0.5, 0.6) is 0 Å². The van der Waals surface area contributed by atoms with Crippen molar-refractivity contribution in [2.45, 2.75) is 52.2 Å². The lowest BCUT2D eigenvalue weighted by molar-refractivity contribution is 0.0206. The molecule has 0 aliphatic carbocycles. The minimum absolute atomic E-state index is 0.197. The molecule has 122 valence electrons. The van der Waals surface area contributed by atoms with Crippen LogP contribution in [0.4, 0.5) is 10.6 Å². The second-order valence-electron chi connectivity index (χ2n) is 6.76. The number of carbonyl (C=O) groups is 1. The molecule has 1 aliphatic rings. The molecule has 0 aromatic carbocycles. The molecule has 0 bridgehead atoms. The molecule has 1 aromatic rings. The fourth-order valence-electron chi connectivity index (χ4n) is 2.50. The van der Waals surface area contributed by atoms with Crippen molar-refractivity contribution in [1.82, 2.24) is 9.88 Å². The van der Waals surface area contributed by atoms with Gasteiger partial charge in [-0.15, -0.1) is 0 Å². The quantitative estimate of drug-likeness (QED) is 0.801. The summed E-state index contributed by atoms with van der Waals surface area (Å²) in [6, 6.07) is 4.18. The zero-order valence-corrected chi connectivity index (χ0v) is 15.2. The van der Waals surface area contributed by atoms with Crippen LogP contribution in [0.15, 0.2) is 16.7 Å². The number of carbonyl (C=O) groups excluding carboxylic acids is 1. The van der Waals surface area contributed by atoms with E-state index in [-0.39, 0.29) is 12.1 Å². The fraction of sp³-hybridized carbons (Fsp3) is 0.625. The Morgan fingerprint density at radius 3 is 2.82 bits per heavy atom. The third kappa shape index (κ3) is 5.16. The number of aryl methyl sites for hydroxylation is 1. The average molecular weight is 370 g/mol. The highest BCUT2D eigenvalue weighted by atomic mass is 79.9. The van der Waals surface area contributed by atoms with Crippen molar-refractivity contribution in [3.63, 3.8) is 0 Å². The molecule has 6 heteroatoms. The van der Waals surface area contributed by atoms with Gasteiger partial charge in [0.1, 0.15) is 16.0 Å². The van der Waals surface area contributed by atoms with Crippen LogP contribution in [0.1, 0.15) is 39.2 Å². The molecule has 22 heavy (non-hydrogen) atoms. The first-order valence-electron chi connectivity index (χ1n) is 7.61. The number of halogens is 1. The van der Waals surface area contributed by atoms with E-state index in [9.17, 15) is 4.79 Å². The van der Waals surface area contributed by atoms with E-state index in [1.165, 1.54) is 0 Å². The maximum Gasteiger partial charge on any atom is 0.410 e. The van der Waals surface area contributed by atoms with Crippen molar-refractivity contribution >= 4 is 27.8 Å². The number of hydrogen-bond donors (Lipinski definition) is 1. The number of ether oxygens (including phenoxy) is 1. The standard InChI is InChI=1S/C16H24BrN3O2/c1-11-8-13(17)19-14(9-11)18-12-6-5-7-20(10-12)15(21)22-16(2,3)4/h8-9,12H,5-7,10H2,1-4H3,(H,18,19)/t12-/m0/s1. The van der Waals surface area contributed by atoms with E-state index in [1.807, 2.05) is 39.8 Å². The molecule has 1 atom stereocenters. The number of anilines is 1. The number of amides is 1. The predicted molar refractivity (Wildman–Crippen MR) is 91.1 cm³/mol. The van der Waals surface area contributed by atoms with Crippen molar-refractivity contribution in [2.75, 3.05) is 18.4 Å². The number of hydrogen-bond acceptors (Lipinski definition) is 4. The summed E-state index contributed by atoms with van der Waals surface area (Å²) in [6.45, 7) is 9.09. The number of piperidine rings is 1. The van der Waals surface area contributed by atoms with Crippen LogP contribution in [0.3, 0.4) is 0 Å². The highest BCUT2D eigenvalue weighted by Gasteiger charge is 2.27. The predicted octanol–water partition coefficient (Wildman–Crippen LogP) is 3.96. The van der Waals surface area contributed by atoms with E-state index in [1.54, 1.807) is 4.90 Å². The van der Waals surface area contributed by atoms with Crippen LogP contribution in [0.2, 0.25) is 0 Å². The molecular formula is C16H24BrN3O2. The van der Waals surface area contributed by atoms with Crippen LogP contribution >= 0.6 is 15.9 Å². The first-order valence-corrected chi connectivity index (χ1v) is 8.41. The van der Waals surface area contributed by atoms with E-state index in [0.717, 1.165) is 35.4 Å². The summed E-state index contributed by atoms with van der Waals surface area (Å²) in [5.74, 6) is 0.836. The van der Waals surface area contributed by atoms with Crippen LogP contribution < -0.4 is 5.32 Å². The molecule has 1 aromatic heterocycles. The molecule has 1 saturated heterocycles. The van der Waals surface area contributed by atoms with Gasteiger partial charge < -0.3 is 15.0 Å². The van der Waals surface area contributed by atoms with Crippen molar-refractivity contribution in [3.8, 4) is 0 Å². The Bertz CT molecular complexity index is 522. The Kier molecular flexibility index (Phi) is 5.32. The van der Waals surface area contributed by atoms with Crippen LogP contribution in [0.25, 0.3) is 0 Å². The number of likely N-dealkylation sites (tertiary alicyclic amines) is 1. The highest BCUT2D eigenvalue weighted by molar-refractivity contribution is 9.10. The lowest BCUT2D eigenvalue weighted by atomic mass is 10.1. The first kappa shape index (κ1) is 17.1. The zero-order chi connectivity index (χ0) is 16.3. The minimum Gasteiger partial charge on any atom is -0.444 e. The molecule has 5 nitrogen and oxygen atoms in total. The van der Waals surface area contributed by atoms with Gasteiger partial charge in [0.15, 0.2) is 0 Å². The van der Waals surface area contributed by atoms with Crippen LogP contribution in [-0.2, 0) is 4.74 Å². The van der Waals surface area contributed by atoms with Gasteiger partial charge in [0.25, 0.3) is 0 Å². The summed E-state index contributed by atoms with van der Waals surface area (Å²) in [5.41, 5.74) is 0.685. The second kappa shape index (κ2) is 6.86. The van der Waals surface area contributed by atoms with Gasteiger partial charge in [0, 0.05) is 19.1 Å². The molecular weight excluding hydrogens is 346 g/mol. The number of nitrogens with one attached hydrogen (secondary N) is 1. The Morgan fingerprint density at radius 1 is 1.45 bits per heavy atom. The summed E-state index contributed by atoms with van der Waals surface area (Å²) in [7, 11) is 0. The molecule has 0 spiro atoms. The number of rotatable bonds is 2. The lowest BCUT2D eigenvalue weighted by Crippen LogP contribution is -2.47. The van der Waals surface area contributed by atoms with E-state index in [2.05, 4.69) is 26.2 Å². The van der Waals surface area contributed by atoms with Crippen molar-refractivity contribution in [1.29, 1.82) is 0 Å². The molecule has 0 radical (unpaired) electrons. The second-order valence-corrected chi connectivity index (χ2v) is 7.57. The maximum atomic E-state index is 12.2. The number of pyridine rings is 1. The van der Waals surface area contributed by atoms with Crippen molar-refractivity contribution < 1.29 is 9.53 Å². The van der Waals surface area contributed by atoms with Gasteiger partial charge in [-0.25, -0.2) is 9.78 Å². The first-order chi connectivity index (χ1) is 10.2. The average Bonchev–Trinajstić information content (AvgIpc) is 2.35. The topological polar surface area (TPSA) is 54.5 Å². The molecule has 0 unspecified atom stereocenters. The summed E-state index contributed by atoms with van der Waals surface area (Å²) in [4.78, 5) is 18.4. The molecule has 1 amide bonds. The van der Waals surface area contributed by atoms with E-state index in [4.69, 9.17) is 4.74 Å². The summed E-state index contributed by atoms with van der Waals surface area (Å²) in [5, 5.41) is 3.42. The summed E-state index contributed by atoms with van der Waals surface area (Å²) in [6.07, 6.45) is 1.74. The molecule has 0 saturated carbocycles. The molecule has 2 heterocycles. The van der Waals surface area contributed by atoms with E-state index >= 15 is 0 Å². The van der Waals surface area contributed by atoms with Gasteiger partial charge >= 0.3 is 6.09 Å². The largest absolute Gasteiger partial charge is 0.444 e. The van der Waals surface area contributed by atoms with Gasteiger partial charge in [0.2, 0.25) is 0 Å². The SMILES string of the molecule is Cc1cc(Br)nc(N[C@H]2CCCN(C(=O)OC(C)(C)C)C2)c1. The fourth-order valence-corrected chi connectivity index (χ4v) is 3.05. The minimum atomic E-state index is -0.458. The van der Waals surface area contributed by atoms with Gasteiger partial charge in [-0.2, -0.15) is 0 Å². The normalized spacial score (nSPS) is 19.0. The van der Waals surface area contributed by atoms with Gasteiger partial charge in [-0.1, -0.05) is 0 Å². The molecule has 1 aliphatic heterocycles. The number of aromatic nitrogens is 1. The van der Waals surface area contributed by atoms with Gasteiger partial charge in [-0.05, 0) is 74.2 Å². The van der Waals surface area contributed by atoms with E-state index in [0.29, 0.717) is 6.54 Å². The monoisotopic (exact) mass is 369 g/mol. The smallest absolute Gasteiger partial charge is 0.410 e. The van der Waals surface area contributed by atoms with Gasteiger partial charge in [0.05, 0.1) is 0 Å². The third-order valence-corrected chi connectivity index (χ3v) is 3.77. The summed E-state index contributed by atoms with van der Waals surface area (Å²) < 4.78 is 6.26. The van der Waals surface area contributed by atoms with Crippen molar-refractivity contribution in [3.05, 3.63) is 22.3 Å². The Morgan fingerprint density at radius 2 is 2.18 bits per heavy atom. The van der Waals surface area contributed by atoms with Crippen LogP contribution in [0, 0.1) is 6.92 Å². The molecule has 2 rings (SSSR count). The molecule has 1 fully saturated rings. The Hall–Kier alpha value is -1.30. The third-order valence-electron chi connectivity index (χ3n) is 3.36. The Balaban J connectivity index is 1.97. The van der Waals surface area contributed by atoms with Crippen molar-refractivity contribution in [2.24, 2.45) is 0 Å².